The van der Waals surface area contributed by atoms with Gasteiger partial charge in [-0.05, 0) is 30.5 Å². The number of anilines is 1. The lowest BCUT2D eigenvalue weighted by Gasteiger charge is -2.11. The molecule has 0 bridgehead atoms. The molecule has 0 fully saturated rings. The van der Waals surface area contributed by atoms with E-state index in [2.05, 4.69) is 5.32 Å². The second-order valence-electron chi connectivity index (χ2n) is 3.49. The highest BCUT2D eigenvalue weighted by Crippen LogP contribution is 2.21. The van der Waals surface area contributed by atoms with Crippen LogP contribution >= 0.6 is 0 Å². The molecule has 3 heteroatoms. The number of hydrogen-bond acceptors (Lipinski definition) is 2. The Kier molecular flexibility index (Phi) is 3.25. The van der Waals surface area contributed by atoms with Crippen LogP contribution in [-0.4, -0.2) is 5.91 Å². The van der Waals surface area contributed by atoms with Crippen molar-refractivity contribution in [3.05, 3.63) is 28.8 Å². The molecule has 0 aliphatic carbocycles. The van der Waals surface area contributed by atoms with Gasteiger partial charge < -0.3 is 11.1 Å². The first kappa shape index (κ1) is 10.7. The summed E-state index contributed by atoms with van der Waals surface area (Å²) in [5.41, 5.74) is 9.65. The molecule has 0 aliphatic rings. The molecule has 0 unspecified atom stereocenters. The average molecular weight is 192 g/mol. The van der Waals surface area contributed by atoms with E-state index < -0.39 is 0 Å². The Balaban J connectivity index is 3.11. The van der Waals surface area contributed by atoms with Crippen LogP contribution in [0.5, 0.6) is 0 Å². The predicted molar refractivity (Wildman–Crippen MR) is 58.1 cm³/mol. The van der Waals surface area contributed by atoms with Crippen LogP contribution in [0.2, 0.25) is 0 Å². The summed E-state index contributed by atoms with van der Waals surface area (Å²) in [7, 11) is 0. The Hall–Kier alpha value is -1.35. The van der Waals surface area contributed by atoms with Crippen molar-refractivity contribution in [2.24, 2.45) is 5.73 Å². The minimum Gasteiger partial charge on any atom is -0.326 e. The zero-order valence-corrected chi connectivity index (χ0v) is 8.85. The Morgan fingerprint density at radius 3 is 2.21 bits per heavy atom. The second kappa shape index (κ2) is 4.24. The van der Waals surface area contributed by atoms with Crippen molar-refractivity contribution in [3.63, 3.8) is 0 Å². The zero-order chi connectivity index (χ0) is 10.7. The van der Waals surface area contributed by atoms with Gasteiger partial charge in [-0.15, -0.1) is 0 Å². The van der Waals surface area contributed by atoms with Crippen LogP contribution in [0.3, 0.4) is 0 Å². The van der Waals surface area contributed by atoms with Gasteiger partial charge in [0.2, 0.25) is 5.91 Å². The van der Waals surface area contributed by atoms with Gasteiger partial charge in [0.05, 0.1) is 0 Å². The van der Waals surface area contributed by atoms with E-state index in [9.17, 15) is 4.79 Å². The molecule has 0 saturated carbocycles. The van der Waals surface area contributed by atoms with Crippen molar-refractivity contribution in [2.75, 3.05) is 5.32 Å². The summed E-state index contributed by atoms with van der Waals surface area (Å²) in [5, 5.41) is 2.81. The standard InChI is InChI=1S/C11H16N2O/c1-7-4-10(6-12)5-8(2)11(7)13-9(3)14/h4-5H,6,12H2,1-3H3,(H,13,14). The van der Waals surface area contributed by atoms with E-state index in [-0.39, 0.29) is 5.91 Å². The summed E-state index contributed by atoms with van der Waals surface area (Å²) in [6, 6.07) is 4.00. The lowest BCUT2D eigenvalue weighted by molar-refractivity contribution is -0.114. The van der Waals surface area contributed by atoms with Crippen molar-refractivity contribution in [3.8, 4) is 0 Å². The molecule has 14 heavy (non-hydrogen) atoms. The molecule has 0 aromatic heterocycles. The highest BCUT2D eigenvalue weighted by Gasteiger charge is 2.05. The third-order valence-corrected chi connectivity index (χ3v) is 2.13. The maximum absolute atomic E-state index is 10.9. The minimum atomic E-state index is -0.0447. The maximum atomic E-state index is 10.9. The number of aryl methyl sites for hydroxylation is 2. The Labute approximate surface area is 84.3 Å². The fourth-order valence-electron chi connectivity index (χ4n) is 1.54. The number of hydrogen-bond donors (Lipinski definition) is 2. The smallest absolute Gasteiger partial charge is 0.221 e. The average Bonchev–Trinajstić information content (AvgIpc) is 2.10. The fraction of sp³-hybridized carbons (Fsp3) is 0.364. The second-order valence-corrected chi connectivity index (χ2v) is 3.49. The van der Waals surface area contributed by atoms with Crippen LogP contribution < -0.4 is 11.1 Å². The normalized spacial score (nSPS) is 10.0. The van der Waals surface area contributed by atoms with E-state index in [0.717, 1.165) is 22.4 Å². The summed E-state index contributed by atoms with van der Waals surface area (Å²) < 4.78 is 0. The van der Waals surface area contributed by atoms with Gasteiger partial charge in [0.25, 0.3) is 0 Å². The van der Waals surface area contributed by atoms with E-state index in [1.54, 1.807) is 0 Å². The number of carbonyl (C=O) groups is 1. The van der Waals surface area contributed by atoms with Crippen LogP contribution in [0.1, 0.15) is 23.6 Å². The first-order valence-electron chi connectivity index (χ1n) is 4.62. The van der Waals surface area contributed by atoms with Gasteiger partial charge in [-0.2, -0.15) is 0 Å². The SMILES string of the molecule is CC(=O)Nc1c(C)cc(CN)cc1C. The molecule has 0 saturated heterocycles. The van der Waals surface area contributed by atoms with Gasteiger partial charge in [-0.1, -0.05) is 12.1 Å². The van der Waals surface area contributed by atoms with Crippen LogP contribution in [-0.2, 0) is 11.3 Å². The summed E-state index contributed by atoms with van der Waals surface area (Å²) in [6.45, 7) is 5.98. The zero-order valence-electron chi connectivity index (χ0n) is 8.85. The molecule has 0 aliphatic heterocycles. The summed E-state index contributed by atoms with van der Waals surface area (Å²) in [6.07, 6.45) is 0. The third-order valence-electron chi connectivity index (χ3n) is 2.13. The van der Waals surface area contributed by atoms with Crippen molar-refractivity contribution in [2.45, 2.75) is 27.3 Å². The molecule has 76 valence electrons. The maximum Gasteiger partial charge on any atom is 0.221 e. The molecule has 1 aromatic carbocycles. The molecule has 0 spiro atoms. The highest BCUT2D eigenvalue weighted by atomic mass is 16.1. The van der Waals surface area contributed by atoms with E-state index in [4.69, 9.17) is 5.73 Å². The molecule has 3 nitrogen and oxygen atoms in total. The molecule has 0 heterocycles. The molecule has 0 radical (unpaired) electrons. The number of nitrogens with two attached hydrogens (primary N) is 1. The molecule has 1 amide bonds. The van der Waals surface area contributed by atoms with Crippen LogP contribution in [0.4, 0.5) is 5.69 Å². The molecular formula is C11H16N2O. The number of rotatable bonds is 2. The highest BCUT2D eigenvalue weighted by molar-refractivity contribution is 5.90. The van der Waals surface area contributed by atoms with Crippen molar-refractivity contribution in [1.29, 1.82) is 0 Å². The molecular weight excluding hydrogens is 176 g/mol. The largest absolute Gasteiger partial charge is 0.326 e. The first-order chi connectivity index (χ1) is 6.54. The van der Waals surface area contributed by atoms with Crippen LogP contribution in [0, 0.1) is 13.8 Å². The number of carbonyl (C=O) groups excluding carboxylic acids is 1. The lowest BCUT2D eigenvalue weighted by atomic mass is 10.0. The molecule has 0 atom stereocenters. The minimum absolute atomic E-state index is 0.0447. The fourth-order valence-corrected chi connectivity index (χ4v) is 1.54. The lowest BCUT2D eigenvalue weighted by Crippen LogP contribution is -2.09. The molecule has 3 N–H and O–H groups in total. The first-order valence-corrected chi connectivity index (χ1v) is 4.62. The van der Waals surface area contributed by atoms with Crippen LogP contribution in [0.15, 0.2) is 12.1 Å². The van der Waals surface area contributed by atoms with E-state index in [0.29, 0.717) is 6.54 Å². The van der Waals surface area contributed by atoms with Gasteiger partial charge in [0, 0.05) is 19.2 Å². The summed E-state index contributed by atoms with van der Waals surface area (Å²) >= 11 is 0. The summed E-state index contributed by atoms with van der Waals surface area (Å²) in [5.74, 6) is -0.0447. The monoisotopic (exact) mass is 192 g/mol. The van der Waals surface area contributed by atoms with Crippen molar-refractivity contribution < 1.29 is 4.79 Å². The van der Waals surface area contributed by atoms with E-state index in [1.807, 2.05) is 26.0 Å². The van der Waals surface area contributed by atoms with Gasteiger partial charge in [-0.3, -0.25) is 4.79 Å². The quantitative estimate of drug-likeness (QED) is 0.749. The Morgan fingerprint density at radius 1 is 1.36 bits per heavy atom. The third kappa shape index (κ3) is 2.33. The Bertz CT molecular complexity index is 335. The van der Waals surface area contributed by atoms with Crippen molar-refractivity contribution in [1.82, 2.24) is 0 Å². The number of amides is 1. The van der Waals surface area contributed by atoms with Gasteiger partial charge in [-0.25, -0.2) is 0 Å². The summed E-state index contributed by atoms with van der Waals surface area (Å²) in [4.78, 5) is 10.9. The topological polar surface area (TPSA) is 55.1 Å². The Morgan fingerprint density at radius 2 is 1.86 bits per heavy atom. The van der Waals surface area contributed by atoms with E-state index in [1.165, 1.54) is 6.92 Å². The molecule has 1 aromatic rings. The molecule has 1 rings (SSSR count). The van der Waals surface area contributed by atoms with Gasteiger partial charge in [0.15, 0.2) is 0 Å². The number of nitrogens with one attached hydrogen (secondary N) is 1. The van der Waals surface area contributed by atoms with E-state index >= 15 is 0 Å². The van der Waals surface area contributed by atoms with Gasteiger partial charge in [0.1, 0.15) is 0 Å². The van der Waals surface area contributed by atoms with Crippen LogP contribution in [0.25, 0.3) is 0 Å². The van der Waals surface area contributed by atoms with Gasteiger partial charge >= 0.3 is 0 Å². The number of benzene rings is 1. The van der Waals surface area contributed by atoms with Crippen molar-refractivity contribution >= 4 is 11.6 Å². The predicted octanol–water partition coefficient (Wildman–Crippen LogP) is 1.72.